The number of hydrogen-bond donors (Lipinski definition) is 1. The molecule has 4 heteroatoms. The largest absolute Gasteiger partial charge is 0.347 e. The number of amides is 1. The van der Waals surface area contributed by atoms with Crippen LogP contribution >= 0.6 is 22.9 Å². The Balaban J connectivity index is 2.64. The van der Waals surface area contributed by atoms with Crippen molar-refractivity contribution in [2.75, 3.05) is 5.88 Å². The predicted molar refractivity (Wildman–Crippen MR) is 75.1 cm³/mol. The van der Waals surface area contributed by atoms with Crippen LogP contribution < -0.4 is 5.32 Å². The molecule has 0 radical (unpaired) electrons. The van der Waals surface area contributed by atoms with Crippen molar-refractivity contribution in [1.29, 1.82) is 0 Å². The predicted octanol–water partition coefficient (Wildman–Crippen LogP) is 3.69. The fourth-order valence-corrected chi connectivity index (χ4v) is 2.90. The van der Waals surface area contributed by atoms with Gasteiger partial charge in [0.15, 0.2) is 0 Å². The highest BCUT2D eigenvalue weighted by Crippen LogP contribution is 2.18. The van der Waals surface area contributed by atoms with Crippen molar-refractivity contribution in [1.82, 2.24) is 5.32 Å². The molecule has 2 nitrogen and oxygen atoms in total. The van der Waals surface area contributed by atoms with Gasteiger partial charge in [-0.2, -0.15) is 0 Å². The first-order valence-electron chi connectivity index (χ1n) is 6.01. The fourth-order valence-electron chi connectivity index (χ4n) is 1.79. The maximum absolute atomic E-state index is 12.1. The van der Waals surface area contributed by atoms with Crippen LogP contribution in [0.5, 0.6) is 0 Å². The van der Waals surface area contributed by atoms with Gasteiger partial charge in [-0.15, -0.1) is 22.9 Å². The molecular weight excluding hydrogens is 254 g/mol. The molecule has 0 saturated heterocycles. The van der Waals surface area contributed by atoms with Gasteiger partial charge in [0.1, 0.15) is 0 Å². The average molecular weight is 274 g/mol. The molecule has 1 unspecified atom stereocenters. The molecule has 1 aromatic heterocycles. The summed E-state index contributed by atoms with van der Waals surface area (Å²) in [6, 6.07) is 2.08. The van der Waals surface area contributed by atoms with Gasteiger partial charge in [-0.25, -0.2) is 0 Å². The molecule has 1 rings (SSSR count). The Morgan fingerprint density at radius 2 is 2.24 bits per heavy atom. The highest BCUT2D eigenvalue weighted by Gasteiger charge is 2.17. The van der Waals surface area contributed by atoms with E-state index in [-0.39, 0.29) is 11.9 Å². The standard InChI is InChI=1S/C13H20ClNOS/c1-4-10-5-6-17-12(10)13(16)15-11(8-14)7-9(2)3/h5-6,9,11H,4,7-8H2,1-3H3,(H,15,16). The summed E-state index contributed by atoms with van der Waals surface area (Å²) in [5.74, 6) is 1.02. The minimum atomic E-state index is 0.0168. The number of thiophene rings is 1. The molecule has 1 aromatic rings. The summed E-state index contributed by atoms with van der Waals surface area (Å²) in [5.41, 5.74) is 1.12. The van der Waals surface area contributed by atoms with E-state index < -0.39 is 0 Å². The Labute approximate surface area is 112 Å². The number of nitrogens with one attached hydrogen (secondary N) is 1. The number of carbonyl (C=O) groups is 1. The Morgan fingerprint density at radius 1 is 1.53 bits per heavy atom. The lowest BCUT2D eigenvalue weighted by Gasteiger charge is -2.17. The van der Waals surface area contributed by atoms with Crippen LogP contribution in [0.3, 0.4) is 0 Å². The van der Waals surface area contributed by atoms with Crippen LogP contribution in [0.1, 0.15) is 42.4 Å². The average Bonchev–Trinajstić information content (AvgIpc) is 2.75. The number of hydrogen-bond acceptors (Lipinski definition) is 2. The second kappa shape index (κ2) is 7.02. The van der Waals surface area contributed by atoms with Crippen LogP contribution in [0.25, 0.3) is 0 Å². The Hall–Kier alpha value is -0.540. The van der Waals surface area contributed by atoms with Crippen molar-refractivity contribution >= 4 is 28.8 Å². The van der Waals surface area contributed by atoms with Crippen LogP contribution in [-0.2, 0) is 6.42 Å². The van der Waals surface area contributed by atoms with Gasteiger partial charge in [-0.3, -0.25) is 4.79 Å². The SMILES string of the molecule is CCc1ccsc1C(=O)NC(CCl)CC(C)C. The first-order valence-corrected chi connectivity index (χ1v) is 7.43. The number of halogens is 1. The molecule has 0 aromatic carbocycles. The molecule has 1 N–H and O–H groups in total. The monoisotopic (exact) mass is 273 g/mol. The van der Waals surface area contributed by atoms with Crippen molar-refractivity contribution in [3.63, 3.8) is 0 Å². The highest BCUT2D eigenvalue weighted by atomic mass is 35.5. The molecule has 0 bridgehead atoms. The van der Waals surface area contributed by atoms with E-state index in [1.54, 1.807) is 0 Å². The van der Waals surface area contributed by atoms with E-state index in [2.05, 4.69) is 26.1 Å². The second-order valence-electron chi connectivity index (χ2n) is 4.58. The van der Waals surface area contributed by atoms with Gasteiger partial charge in [-0.1, -0.05) is 20.8 Å². The zero-order chi connectivity index (χ0) is 12.8. The van der Waals surface area contributed by atoms with E-state index in [4.69, 9.17) is 11.6 Å². The van der Waals surface area contributed by atoms with Crippen LogP contribution in [0.4, 0.5) is 0 Å². The van der Waals surface area contributed by atoms with Crippen molar-refractivity contribution in [2.45, 2.75) is 39.7 Å². The normalized spacial score (nSPS) is 12.8. The molecule has 0 fully saturated rings. The van der Waals surface area contributed by atoms with Gasteiger partial charge >= 0.3 is 0 Å². The smallest absolute Gasteiger partial charge is 0.261 e. The maximum atomic E-state index is 12.1. The van der Waals surface area contributed by atoms with Gasteiger partial charge in [0, 0.05) is 11.9 Å². The number of rotatable bonds is 6. The molecule has 0 aliphatic heterocycles. The van der Waals surface area contributed by atoms with Crippen molar-refractivity contribution < 1.29 is 4.79 Å². The van der Waals surface area contributed by atoms with Crippen molar-refractivity contribution in [2.24, 2.45) is 5.92 Å². The van der Waals surface area contributed by atoms with Crippen molar-refractivity contribution in [3.05, 3.63) is 21.9 Å². The zero-order valence-electron chi connectivity index (χ0n) is 10.6. The van der Waals surface area contributed by atoms with Gasteiger partial charge in [0.2, 0.25) is 0 Å². The molecule has 17 heavy (non-hydrogen) atoms. The van der Waals surface area contributed by atoms with Crippen LogP contribution in [-0.4, -0.2) is 17.8 Å². The van der Waals surface area contributed by atoms with Crippen LogP contribution in [0.15, 0.2) is 11.4 Å². The molecule has 0 aliphatic rings. The minimum absolute atomic E-state index is 0.0168. The summed E-state index contributed by atoms with van der Waals surface area (Å²) >= 11 is 7.38. The molecule has 1 atom stereocenters. The van der Waals surface area contributed by atoms with Gasteiger partial charge in [-0.05, 0) is 35.8 Å². The Morgan fingerprint density at radius 3 is 2.76 bits per heavy atom. The highest BCUT2D eigenvalue weighted by molar-refractivity contribution is 7.12. The zero-order valence-corrected chi connectivity index (χ0v) is 12.2. The first-order chi connectivity index (χ1) is 8.08. The van der Waals surface area contributed by atoms with E-state index in [1.165, 1.54) is 11.3 Å². The van der Waals surface area contributed by atoms with E-state index in [0.717, 1.165) is 23.3 Å². The third-order valence-corrected chi connectivity index (χ3v) is 3.94. The quantitative estimate of drug-likeness (QED) is 0.787. The van der Waals surface area contributed by atoms with Gasteiger partial charge < -0.3 is 5.32 Å². The fraction of sp³-hybridized carbons (Fsp3) is 0.615. The van der Waals surface area contributed by atoms with Gasteiger partial charge in [0.25, 0.3) is 5.91 Å². The summed E-state index contributed by atoms with van der Waals surface area (Å²) in [6.45, 7) is 6.33. The number of carbonyl (C=O) groups excluding carboxylic acids is 1. The van der Waals surface area contributed by atoms with E-state index in [9.17, 15) is 4.79 Å². The lowest BCUT2D eigenvalue weighted by atomic mass is 10.0. The maximum Gasteiger partial charge on any atom is 0.261 e. The summed E-state index contributed by atoms with van der Waals surface area (Å²) in [4.78, 5) is 12.9. The minimum Gasteiger partial charge on any atom is -0.347 e. The third kappa shape index (κ3) is 4.32. The molecule has 1 heterocycles. The molecule has 96 valence electrons. The van der Waals surface area contributed by atoms with Crippen molar-refractivity contribution in [3.8, 4) is 0 Å². The van der Waals surface area contributed by atoms with E-state index >= 15 is 0 Å². The van der Waals surface area contributed by atoms with Crippen LogP contribution in [0, 0.1) is 5.92 Å². The Kier molecular flexibility index (Phi) is 6.00. The first kappa shape index (κ1) is 14.5. The third-order valence-electron chi connectivity index (χ3n) is 2.61. The van der Waals surface area contributed by atoms with E-state index in [1.807, 2.05) is 11.4 Å². The molecule has 1 amide bonds. The lowest BCUT2D eigenvalue weighted by molar-refractivity contribution is 0.0940. The summed E-state index contributed by atoms with van der Waals surface area (Å²) < 4.78 is 0. The van der Waals surface area contributed by atoms with E-state index in [0.29, 0.717) is 11.8 Å². The molecule has 0 aliphatic carbocycles. The molecular formula is C13H20ClNOS. The number of alkyl halides is 1. The summed E-state index contributed by atoms with van der Waals surface area (Å²) in [7, 11) is 0. The lowest BCUT2D eigenvalue weighted by Crippen LogP contribution is -2.37. The summed E-state index contributed by atoms with van der Waals surface area (Å²) in [6.07, 6.45) is 1.81. The second-order valence-corrected chi connectivity index (χ2v) is 5.81. The Bertz CT molecular complexity index is 362. The van der Waals surface area contributed by atoms with Crippen LogP contribution in [0.2, 0.25) is 0 Å². The van der Waals surface area contributed by atoms with Gasteiger partial charge in [0.05, 0.1) is 4.88 Å². The molecule has 0 saturated carbocycles. The summed E-state index contributed by atoms with van der Waals surface area (Å²) in [5, 5.41) is 4.98. The number of aryl methyl sites for hydroxylation is 1. The molecule has 0 spiro atoms. The topological polar surface area (TPSA) is 29.1 Å².